The number of carboxylic acids is 1. The standard InChI is InChI=1S/C13H16O4/c1-3-9-17-13(8-6-12(14)15)7-4-5-11(10-13)16-2/h1,4-5,7H,6,8-10H2,2H3,(H,14,15). The molecule has 4 heteroatoms. The Morgan fingerprint density at radius 2 is 2.47 bits per heavy atom. The fourth-order valence-electron chi connectivity index (χ4n) is 1.73. The van der Waals surface area contributed by atoms with Gasteiger partial charge in [0, 0.05) is 12.8 Å². The van der Waals surface area contributed by atoms with Crippen LogP contribution >= 0.6 is 0 Å². The zero-order valence-corrected chi connectivity index (χ0v) is 9.81. The Hall–Kier alpha value is -1.73. The molecule has 0 fully saturated rings. The zero-order chi connectivity index (χ0) is 12.7. The molecule has 0 saturated carbocycles. The van der Waals surface area contributed by atoms with E-state index >= 15 is 0 Å². The smallest absolute Gasteiger partial charge is 0.303 e. The molecule has 4 nitrogen and oxygen atoms in total. The summed E-state index contributed by atoms with van der Waals surface area (Å²) < 4.78 is 10.8. The molecule has 1 atom stereocenters. The molecular formula is C13H16O4. The second-order valence-electron chi connectivity index (χ2n) is 3.82. The molecule has 0 amide bonds. The number of carboxylic acid groups (broad SMARTS) is 1. The van der Waals surface area contributed by atoms with E-state index in [4.69, 9.17) is 21.0 Å². The van der Waals surface area contributed by atoms with Crippen molar-refractivity contribution in [3.8, 4) is 12.3 Å². The summed E-state index contributed by atoms with van der Waals surface area (Å²) in [6, 6.07) is 0. The minimum atomic E-state index is -0.851. The predicted molar refractivity (Wildman–Crippen MR) is 63.2 cm³/mol. The molecular weight excluding hydrogens is 220 g/mol. The molecule has 1 N–H and O–H groups in total. The second kappa shape index (κ2) is 6.12. The van der Waals surface area contributed by atoms with Crippen LogP contribution in [0.25, 0.3) is 0 Å². The Kier molecular flexibility index (Phi) is 4.80. The van der Waals surface area contributed by atoms with Gasteiger partial charge in [0.25, 0.3) is 0 Å². The lowest BCUT2D eigenvalue weighted by Gasteiger charge is -2.32. The number of aliphatic carboxylic acids is 1. The maximum Gasteiger partial charge on any atom is 0.303 e. The minimum Gasteiger partial charge on any atom is -0.501 e. The number of carbonyl (C=O) groups is 1. The van der Waals surface area contributed by atoms with Crippen LogP contribution in [0.2, 0.25) is 0 Å². The van der Waals surface area contributed by atoms with Crippen molar-refractivity contribution in [2.75, 3.05) is 13.7 Å². The van der Waals surface area contributed by atoms with Gasteiger partial charge in [-0.05, 0) is 12.5 Å². The first-order valence-corrected chi connectivity index (χ1v) is 5.33. The van der Waals surface area contributed by atoms with Gasteiger partial charge in [-0.1, -0.05) is 18.1 Å². The molecule has 1 unspecified atom stereocenters. The fraction of sp³-hybridized carbons (Fsp3) is 0.462. The molecule has 1 aliphatic rings. The SMILES string of the molecule is C#CCOC1(CCC(=O)O)C=CC=C(OC)C1. The lowest BCUT2D eigenvalue weighted by molar-refractivity contribution is -0.138. The monoisotopic (exact) mass is 236 g/mol. The normalized spacial score (nSPS) is 22.7. The third-order valence-electron chi connectivity index (χ3n) is 2.62. The molecule has 0 aromatic heterocycles. The maximum atomic E-state index is 10.6. The molecule has 17 heavy (non-hydrogen) atoms. The summed E-state index contributed by atoms with van der Waals surface area (Å²) in [5, 5.41) is 8.74. The quantitative estimate of drug-likeness (QED) is 0.713. The van der Waals surface area contributed by atoms with E-state index in [-0.39, 0.29) is 13.0 Å². The molecule has 0 bridgehead atoms. The number of hydrogen-bond donors (Lipinski definition) is 1. The van der Waals surface area contributed by atoms with E-state index in [1.807, 2.05) is 12.2 Å². The van der Waals surface area contributed by atoms with Gasteiger partial charge in [-0.15, -0.1) is 6.42 Å². The first-order valence-electron chi connectivity index (χ1n) is 5.33. The Balaban J connectivity index is 2.74. The van der Waals surface area contributed by atoms with E-state index in [0.717, 1.165) is 5.76 Å². The van der Waals surface area contributed by atoms with Crippen LogP contribution in [0.5, 0.6) is 0 Å². The van der Waals surface area contributed by atoms with Crippen LogP contribution in [0.1, 0.15) is 19.3 Å². The zero-order valence-electron chi connectivity index (χ0n) is 9.81. The van der Waals surface area contributed by atoms with Gasteiger partial charge in [-0.3, -0.25) is 4.79 Å². The molecule has 0 aromatic rings. The summed E-state index contributed by atoms with van der Waals surface area (Å²) in [6.07, 6.45) is 11.6. The highest BCUT2D eigenvalue weighted by molar-refractivity contribution is 5.66. The van der Waals surface area contributed by atoms with Gasteiger partial charge >= 0.3 is 5.97 Å². The van der Waals surface area contributed by atoms with Crippen LogP contribution in [0.15, 0.2) is 24.0 Å². The first kappa shape index (κ1) is 13.3. The molecule has 0 spiro atoms. The average Bonchev–Trinajstić information content (AvgIpc) is 2.34. The Bertz CT molecular complexity index is 375. The van der Waals surface area contributed by atoms with Crippen LogP contribution < -0.4 is 0 Å². The molecule has 0 aliphatic heterocycles. The van der Waals surface area contributed by atoms with Gasteiger partial charge in [0.05, 0.1) is 18.5 Å². The third-order valence-corrected chi connectivity index (χ3v) is 2.62. The highest BCUT2D eigenvalue weighted by Crippen LogP contribution is 2.31. The average molecular weight is 236 g/mol. The lowest BCUT2D eigenvalue weighted by Crippen LogP contribution is -2.33. The van der Waals surface area contributed by atoms with Crippen molar-refractivity contribution in [3.05, 3.63) is 24.0 Å². The summed E-state index contributed by atoms with van der Waals surface area (Å²) in [6.45, 7) is 0.154. The van der Waals surface area contributed by atoms with E-state index in [9.17, 15) is 4.79 Å². The summed E-state index contributed by atoms with van der Waals surface area (Å²) in [5.74, 6) is 2.30. The number of allylic oxidation sites excluding steroid dienone is 2. The van der Waals surface area contributed by atoms with Crippen molar-refractivity contribution in [2.24, 2.45) is 0 Å². The number of terminal acetylenes is 1. The minimum absolute atomic E-state index is 0.0336. The summed E-state index contributed by atoms with van der Waals surface area (Å²) in [4.78, 5) is 10.6. The predicted octanol–water partition coefficient (Wildman–Crippen LogP) is 1.73. The summed E-state index contributed by atoms with van der Waals surface area (Å²) in [5.41, 5.74) is -0.662. The largest absolute Gasteiger partial charge is 0.501 e. The van der Waals surface area contributed by atoms with Crippen molar-refractivity contribution < 1.29 is 19.4 Å². The van der Waals surface area contributed by atoms with E-state index < -0.39 is 11.6 Å². The Morgan fingerprint density at radius 3 is 3.06 bits per heavy atom. The van der Waals surface area contributed by atoms with E-state index in [2.05, 4.69) is 5.92 Å². The van der Waals surface area contributed by atoms with Gasteiger partial charge in [-0.2, -0.15) is 0 Å². The van der Waals surface area contributed by atoms with Crippen molar-refractivity contribution in [3.63, 3.8) is 0 Å². The highest BCUT2D eigenvalue weighted by atomic mass is 16.5. The topological polar surface area (TPSA) is 55.8 Å². The Morgan fingerprint density at radius 1 is 1.71 bits per heavy atom. The molecule has 0 saturated heterocycles. The number of hydrogen-bond acceptors (Lipinski definition) is 3. The van der Waals surface area contributed by atoms with Gasteiger partial charge in [0.1, 0.15) is 6.61 Å². The van der Waals surface area contributed by atoms with Gasteiger partial charge < -0.3 is 14.6 Å². The van der Waals surface area contributed by atoms with Crippen molar-refractivity contribution in [1.82, 2.24) is 0 Å². The number of methoxy groups -OCH3 is 1. The van der Waals surface area contributed by atoms with Crippen molar-refractivity contribution in [2.45, 2.75) is 24.9 Å². The number of rotatable bonds is 6. The van der Waals surface area contributed by atoms with Gasteiger partial charge in [0.2, 0.25) is 0 Å². The fourth-order valence-corrected chi connectivity index (χ4v) is 1.73. The van der Waals surface area contributed by atoms with E-state index in [1.54, 1.807) is 13.2 Å². The summed E-state index contributed by atoms with van der Waals surface area (Å²) >= 11 is 0. The van der Waals surface area contributed by atoms with Crippen LogP contribution in [0.3, 0.4) is 0 Å². The van der Waals surface area contributed by atoms with Crippen molar-refractivity contribution in [1.29, 1.82) is 0 Å². The highest BCUT2D eigenvalue weighted by Gasteiger charge is 2.32. The molecule has 1 aliphatic carbocycles. The molecule has 1 rings (SSSR count). The van der Waals surface area contributed by atoms with E-state index in [1.165, 1.54) is 0 Å². The maximum absolute atomic E-state index is 10.6. The molecule has 0 aromatic carbocycles. The third kappa shape index (κ3) is 3.97. The molecule has 0 heterocycles. The second-order valence-corrected chi connectivity index (χ2v) is 3.82. The number of ether oxygens (including phenoxy) is 2. The van der Waals surface area contributed by atoms with Gasteiger partial charge in [-0.25, -0.2) is 0 Å². The lowest BCUT2D eigenvalue weighted by atomic mass is 9.89. The Labute approximate surface area is 101 Å². The van der Waals surface area contributed by atoms with Crippen LogP contribution in [-0.4, -0.2) is 30.4 Å². The molecule has 92 valence electrons. The van der Waals surface area contributed by atoms with E-state index in [0.29, 0.717) is 12.8 Å². The first-order chi connectivity index (χ1) is 8.12. The summed E-state index contributed by atoms with van der Waals surface area (Å²) in [7, 11) is 1.58. The van der Waals surface area contributed by atoms with Crippen LogP contribution in [0, 0.1) is 12.3 Å². The van der Waals surface area contributed by atoms with Crippen LogP contribution in [-0.2, 0) is 14.3 Å². The van der Waals surface area contributed by atoms with Crippen LogP contribution in [0.4, 0.5) is 0 Å². The van der Waals surface area contributed by atoms with Gasteiger partial charge in [0.15, 0.2) is 0 Å². The van der Waals surface area contributed by atoms with Crippen molar-refractivity contribution >= 4 is 5.97 Å². The molecule has 0 radical (unpaired) electrons.